The van der Waals surface area contributed by atoms with Crippen LogP contribution in [0.25, 0.3) is 0 Å². The van der Waals surface area contributed by atoms with Crippen molar-refractivity contribution in [2.24, 2.45) is 0 Å². The van der Waals surface area contributed by atoms with Gasteiger partial charge in [0.2, 0.25) is 0 Å². The zero-order chi connectivity index (χ0) is 16.8. The van der Waals surface area contributed by atoms with Gasteiger partial charge in [0.15, 0.2) is 0 Å². The molecule has 25 heavy (non-hydrogen) atoms. The van der Waals surface area contributed by atoms with Crippen LogP contribution in [0.15, 0.2) is 0 Å². The Morgan fingerprint density at radius 2 is 0.920 bits per heavy atom. The lowest BCUT2D eigenvalue weighted by atomic mass is 10.5. The van der Waals surface area contributed by atoms with E-state index in [0.29, 0.717) is 0 Å². The van der Waals surface area contributed by atoms with E-state index in [9.17, 15) is 0 Å². The Morgan fingerprint density at radius 3 is 1.16 bits per heavy atom. The van der Waals surface area contributed by atoms with Gasteiger partial charge in [0.1, 0.15) is 0 Å². The minimum Gasteiger partial charge on any atom is -1.00 e. The van der Waals surface area contributed by atoms with Gasteiger partial charge in [-0.25, -0.2) is 0 Å². The lowest BCUT2D eigenvalue weighted by Gasteiger charge is -2.53. The number of hydrogen-bond donors (Lipinski definition) is 0. The van der Waals surface area contributed by atoms with Gasteiger partial charge in [0.25, 0.3) is 0 Å². The van der Waals surface area contributed by atoms with E-state index >= 15 is 0 Å². The zero-order valence-corrected chi connectivity index (χ0v) is 17.4. The summed E-state index contributed by atoms with van der Waals surface area (Å²) in [6.07, 6.45) is 0. The first-order chi connectivity index (χ1) is 11.8. The van der Waals surface area contributed by atoms with E-state index in [-0.39, 0.29) is 12.4 Å². The Labute approximate surface area is 159 Å². The fourth-order valence-electron chi connectivity index (χ4n) is 4.14. The average Bonchev–Trinajstić information content (AvgIpc) is 2.68. The van der Waals surface area contributed by atoms with Gasteiger partial charge in [-0.3, -0.25) is 0 Å². The van der Waals surface area contributed by atoms with Gasteiger partial charge in [-0.15, -0.1) is 18.7 Å². The van der Waals surface area contributed by atoms with E-state index in [1.54, 1.807) is 0 Å². The number of halogens is 1. The highest BCUT2D eigenvalue weighted by atomic mass is 35.5. The molecule has 0 aliphatic carbocycles. The summed E-state index contributed by atoms with van der Waals surface area (Å²) < 4.78 is 28.0. The van der Waals surface area contributed by atoms with Crippen LogP contribution in [0.2, 0.25) is 0 Å². The minimum absolute atomic E-state index is 0. The molecule has 3 heterocycles. The molecule has 0 atom stereocenters. The van der Waals surface area contributed by atoms with Crippen molar-refractivity contribution in [1.29, 1.82) is 0 Å². The SMILES string of the molecule is CCN(CC)[P+](N1CCOCC1)(N1CCOCC1)N1CCOCC1.[Cl-]. The molecule has 3 rings (SSSR count). The fourth-order valence-corrected chi connectivity index (χ4v) is 9.15. The monoisotopic (exact) mass is 396 g/mol. The molecule has 0 aromatic carbocycles. The molecule has 0 unspecified atom stereocenters. The Balaban J connectivity index is 0.00000225. The largest absolute Gasteiger partial charge is 1.00 e. The number of hydrogen-bond acceptors (Lipinski definition) is 7. The van der Waals surface area contributed by atoms with E-state index in [1.807, 2.05) is 0 Å². The molecule has 0 radical (unpaired) electrons. The molecular formula is C16H34ClN4O3P. The second-order valence-electron chi connectivity index (χ2n) is 6.37. The molecule has 148 valence electrons. The van der Waals surface area contributed by atoms with Gasteiger partial charge in [-0.2, -0.15) is 0 Å². The third kappa shape index (κ3) is 4.48. The van der Waals surface area contributed by atoms with Crippen LogP contribution in [0.1, 0.15) is 13.8 Å². The van der Waals surface area contributed by atoms with Crippen LogP contribution in [0, 0.1) is 0 Å². The summed E-state index contributed by atoms with van der Waals surface area (Å²) in [5.41, 5.74) is 0. The van der Waals surface area contributed by atoms with Crippen LogP contribution in [0.3, 0.4) is 0 Å². The molecule has 0 aromatic rings. The second-order valence-corrected chi connectivity index (χ2v) is 9.71. The Bertz CT molecular complexity index is 329. The van der Waals surface area contributed by atoms with Crippen molar-refractivity contribution in [1.82, 2.24) is 18.7 Å². The molecule has 0 bridgehead atoms. The first kappa shape index (κ1) is 21.7. The van der Waals surface area contributed by atoms with Crippen LogP contribution in [-0.4, -0.2) is 111 Å². The number of rotatable bonds is 6. The van der Waals surface area contributed by atoms with Crippen molar-refractivity contribution >= 4 is 7.87 Å². The summed E-state index contributed by atoms with van der Waals surface area (Å²) >= 11 is 0. The van der Waals surface area contributed by atoms with Crippen LogP contribution < -0.4 is 12.4 Å². The summed E-state index contributed by atoms with van der Waals surface area (Å²) in [6.45, 7) is 18.0. The minimum atomic E-state index is -1.74. The number of nitrogens with zero attached hydrogens (tertiary/aromatic N) is 4. The fraction of sp³-hybridized carbons (Fsp3) is 1.00. The third-order valence-electron chi connectivity index (χ3n) is 5.21. The molecule has 3 saturated heterocycles. The summed E-state index contributed by atoms with van der Waals surface area (Å²) in [5, 5.41) is 0. The molecule has 0 spiro atoms. The zero-order valence-electron chi connectivity index (χ0n) is 15.7. The lowest BCUT2D eigenvalue weighted by Crippen LogP contribution is -3.00. The smallest absolute Gasteiger partial charge is 0.309 e. The van der Waals surface area contributed by atoms with Crippen molar-refractivity contribution in [3.8, 4) is 0 Å². The van der Waals surface area contributed by atoms with E-state index < -0.39 is 7.87 Å². The first-order valence-electron chi connectivity index (χ1n) is 9.48. The standard InChI is InChI=1S/C16H34N4O3P.ClH/c1-3-17(4-2)24(18-5-11-21-12-6-18,19-7-13-22-14-8-19)20-9-15-23-16-10-20;/h3-16H2,1-2H3;1H/q+1;/p-1. The number of ether oxygens (including phenoxy) is 3. The van der Waals surface area contributed by atoms with E-state index in [2.05, 4.69) is 32.5 Å². The topological polar surface area (TPSA) is 40.7 Å². The summed E-state index contributed by atoms with van der Waals surface area (Å²) in [4.78, 5) is 0. The Kier molecular flexibility index (Phi) is 9.30. The second kappa shape index (κ2) is 10.7. The van der Waals surface area contributed by atoms with Crippen molar-refractivity contribution in [3.05, 3.63) is 0 Å². The molecule has 9 heteroatoms. The highest BCUT2D eigenvalue weighted by Gasteiger charge is 2.61. The maximum Gasteiger partial charge on any atom is 0.309 e. The van der Waals surface area contributed by atoms with Crippen molar-refractivity contribution < 1.29 is 26.6 Å². The Morgan fingerprint density at radius 1 is 0.640 bits per heavy atom. The average molecular weight is 397 g/mol. The van der Waals surface area contributed by atoms with Crippen LogP contribution in [0.4, 0.5) is 0 Å². The lowest BCUT2D eigenvalue weighted by molar-refractivity contribution is -0.00000800. The summed E-state index contributed by atoms with van der Waals surface area (Å²) in [5.74, 6) is 0. The normalized spacial score (nSPS) is 25.1. The van der Waals surface area contributed by atoms with Gasteiger partial charge in [-0.1, -0.05) is 0 Å². The van der Waals surface area contributed by atoms with Crippen molar-refractivity contribution in [2.45, 2.75) is 13.8 Å². The summed E-state index contributed by atoms with van der Waals surface area (Å²) in [7, 11) is -1.74. The number of morpholine rings is 3. The van der Waals surface area contributed by atoms with Crippen molar-refractivity contribution in [2.75, 3.05) is 92.0 Å². The third-order valence-corrected chi connectivity index (χ3v) is 10.0. The van der Waals surface area contributed by atoms with E-state index in [0.717, 1.165) is 92.0 Å². The molecule has 0 saturated carbocycles. The van der Waals surface area contributed by atoms with Crippen LogP contribution >= 0.6 is 7.87 Å². The van der Waals surface area contributed by atoms with Gasteiger partial charge in [-0.05, 0) is 13.8 Å². The van der Waals surface area contributed by atoms with E-state index in [4.69, 9.17) is 14.2 Å². The predicted molar refractivity (Wildman–Crippen MR) is 97.0 cm³/mol. The quantitative estimate of drug-likeness (QED) is 0.481. The van der Waals surface area contributed by atoms with Crippen LogP contribution in [0.5, 0.6) is 0 Å². The molecule has 0 amide bonds. The van der Waals surface area contributed by atoms with Gasteiger partial charge in [0.05, 0.1) is 78.9 Å². The predicted octanol–water partition coefficient (Wildman–Crippen LogP) is -1.99. The van der Waals surface area contributed by atoms with Gasteiger partial charge >= 0.3 is 7.87 Å². The van der Waals surface area contributed by atoms with E-state index in [1.165, 1.54) is 0 Å². The molecule has 0 aromatic heterocycles. The van der Waals surface area contributed by atoms with Gasteiger partial charge in [0, 0.05) is 13.1 Å². The maximum atomic E-state index is 5.69. The molecule has 3 aliphatic heterocycles. The van der Waals surface area contributed by atoms with Gasteiger partial charge < -0.3 is 26.6 Å². The Hall–Kier alpha value is 0.440. The highest BCUT2D eigenvalue weighted by molar-refractivity contribution is 7.66. The van der Waals surface area contributed by atoms with Crippen LogP contribution in [-0.2, 0) is 14.2 Å². The molecular weight excluding hydrogens is 363 g/mol. The maximum absolute atomic E-state index is 5.69. The highest BCUT2D eigenvalue weighted by Crippen LogP contribution is 2.70. The summed E-state index contributed by atoms with van der Waals surface area (Å²) in [6, 6.07) is 0. The van der Waals surface area contributed by atoms with Crippen molar-refractivity contribution in [3.63, 3.8) is 0 Å². The first-order valence-corrected chi connectivity index (χ1v) is 11.1. The molecule has 7 nitrogen and oxygen atoms in total. The molecule has 3 fully saturated rings. The molecule has 0 N–H and O–H groups in total. The molecule has 3 aliphatic rings.